The summed E-state index contributed by atoms with van der Waals surface area (Å²) in [5.41, 5.74) is 1.65. The van der Waals surface area contributed by atoms with Crippen LogP contribution in [0.3, 0.4) is 0 Å². The molecule has 1 aromatic carbocycles. The number of nitrogens with one attached hydrogen (secondary N) is 1. The van der Waals surface area contributed by atoms with Gasteiger partial charge < -0.3 is 10.4 Å². The average molecular weight is 277 g/mol. The van der Waals surface area contributed by atoms with Gasteiger partial charge in [-0.15, -0.1) is 0 Å². The molecule has 110 valence electrons. The largest absolute Gasteiger partial charge is 0.478 e. The van der Waals surface area contributed by atoms with Crippen molar-refractivity contribution in [3.8, 4) is 0 Å². The Morgan fingerprint density at radius 1 is 1.10 bits per heavy atom. The standard InChI is InChI=1S/C16H23NO3/c1-9(2)8-12(5)17-15(18)13-10(3)6-7-11(4)14(13)16(19)20/h6-7,9,12H,8H2,1-5H3,(H,17,18)(H,19,20). The summed E-state index contributed by atoms with van der Waals surface area (Å²) >= 11 is 0. The van der Waals surface area contributed by atoms with E-state index in [1.54, 1.807) is 26.0 Å². The molecule has 0 aliphatic rings. The molecule has 0 bridgehead atoms. The van der Waals surface area contributed by atoms with Crippen LogP contribution in [-0.4, -0.2) is 23.0 Å². The molecule has 0 aliphatic carbocycles. The number of hydrogen-bond donors (Lipinski definition) is 2. The fraction of sp³-hybridized carbons (Fsp3) is 0.500. The van der Waals surface area contributed by atoms with Gasteiger partial charge in [0.2, 0.25) is 0 Å². The molecular formula is C16H23NO3. The number of aryl methyl sites for hydroxylation is 2. The molecule has 0 aliphatic heterocycles. The third-order valence-corrected chi connectivity index (χ3v) is 3.27. The second kappa shape index (κ2) is 6.55. The Balaban J connectivity index is 3.09. The smallest absolute Gasteiger partial charge is 0.336 e. The molecule has 1 atom stereocenters. The van der Waals surface area contributed by atoms with E-state index in [2.05, 4.69) is 19.2 Å². The van der Waals surface area contributed by atoms with Crippen LogP contribution < -0.4 is 5.32 Å². The van der Waals surface area contributed by atoms with E-state index in [-0.39, 0.29) is 23.1 Å². The number of carboxylic acids is 1. The summed E-state index contributed by atoms with van der Waals surface area (Å²) in [5.74, 6) is -0.896. The highest BCUT2D eigenvalue weighted by atomic mass is 16.4. The van der Waals surface area contributed by atoms with Crippen molar-refractivity contribution >= 4 is 11.9 Å². The van der Waals surface area contributed by atoms with Gasteiger partial charge in [-0.05, 0) is 44.2 Å². The van der Waals surface area contributed by atoms with Crippen LogP contribution in [-0.2, 0) is 0 Å². The second-order valence-corrected chi connectivity index (χ2v) is 5.76. The molecule has 4 nitrogen and oxygen atoms in total. The van der Waals surface area contributed by atoms with E-state index in [0.717, 1.165) is 6.42 Å². The highest BCUT2D eigenvalue weighted by Crippen LogP contribution is 2.19. The van der Waals surface area contributed by atoms with E-state index in [1.165, 1.54) is 0 Å². The first kappa shape index (κ1) is 16.2. The van der Waals surface area contributed by atoms with Crippen LogP contribution in [0.15, 0.2) is 12.1 Å². The summed E-state index contributed by atoms with van der Waals surface area (Å²) in [6.07, 6.45) is 0.860. The summed E-state index contributed by atoms with van der Waals surface area (Å²) in [4.78, 5) is 23.7. The SMILES string of the molecule is Cc1ccc(C)c(C(=O)NC(C)CC(C)C)c1C(=O)O. The second-order valence-electron chi connectivity index (χ2n) is 5.76. The Hall–Kier alpha value is -1.84. The highest BCUT2D eigenvalue weighted by molar-refractivity contribution is 6.06. The van der Waals surface area contributed by atoms with Crippen molar-refractivity contribution in [3.05, 3.63) is 34.4 Å². The van der Waals surface area contributed by atoms with E-state index < -0.39 is 5.97 Å². The number of carboxylic acid groups (broad SMARTS) is 1. The zero-order chi connectivity index (χ0) is 15.4. The van der Waals surface area contributed by atoms with E-state index in [4.69, 9.17) is 0 Å². The van der Waals surface area contributed by atoms with Gasteiger partial charge in [0, 0.05) is 6.04 Å². The lowest BCUT2D eigenvalue weighted by Gasteiger charge is -2.18. The first-order valence-electron chi connectivity index (χ1n) is 6.88. The minimum absolute atomic E-state index is 0.0176. The Kier molecular flexibility index (Phi) is 5.31. The third kappa shape index (κ3) is 3.83. The van der Waals surface area contributed by atoms with Gasteiger partial charge in [-0.3, -0.25) is 4.79 Å². The van der Waals surface area contributed by atoms with Crippen LogP contribution in [0.4, 0.5) is 0 Å². The maximum atomic E-state index is 12.4. The molecule has 0 heterocycles. The lowest BCUT2D eigenvalue weighted by atomic mass is 9.96. The van der Waals surface area contributed by atoms with Crippen molar-refractivity contribution in [2.45, 2.75) is 47.1 Å². The van der Waals surface area contributed by atoms with Gasteiger partial charge in [0.1, 0.15) is 0 Å². The van der Waals surface area contributed by atoms with Crippen molar-refractivity contribution in [3.63, 3.8) is 0 Å². The minimum Gasteiger partial charge on any atom is -0.478 e. The van der Waals surface area contributed by atoms with Crippen LogP contribution in [0.5, 0.6) is 0 Å². The fourth-order valence-corrected chi connectivity index (χ4v) is 2.44. The van der Waals surface area contributed by atoms with Gasteiger partial charge >= 0.3 is 5.97 Å². The molecule has 0 spiro atoms. The Morgan fingerprint density at radius 2 is 1.60 bits per heavy atom. The lowest BCUT2D eigenvalue weighted by Crippen LogP contribution is -2.35. The van der Waals surface area contributed by atoms with E-state index >= 15 is 0 Å². The number of carbonyl (C=O) groups excluding carboxylic acids is 1. The molecular weight excluding hydrogens is 254 g/mol. The summed E-state index contributed by atoms with van der Waals surface area (Å²) in [6, 6.07) is 3.53. The molecule has 1 unspecified atom stereocenters. The number of benzene rings is 1. The molecule has 20 heavy (non-hydrogen) atoms. The van der Waals surface area contributed by atoms with Crippen molar-refractivity contribution < 1.29 is 14.7 Å². The minimum atomic E-state index is -1.06. The van der Waals surface area contributed by atoms with E-state index in [0.29, 0.717) is 17.0 Å². The fourth-order valence-electron chi connectivity index (χ4n) is 2.44. The lowest BCUT2D eigenvalue weighted by molar-refractivity contribution is 0.0689. The highest BCUT2D eigenvalue weighted by Gasteiger charge is 2.22. The van der Waals surface area contributed by atoms with Gasteiger partial charge in [-0.25, -0.2) is 4.79 Å². The molecule has 0 saturated carbocycles. The normalized spacial score (nSPS) is 12.3. The van der Waals surface area contributed by atoms with Crippen LogP contribution in [0, 0.1) is 19.8 Å². The zero-order valence-electron chi connectivity index (χ0n) is 12.8. The Bertz CT molecular complexity index is 521. The van der Waals surface area contributed by atoms with Crippen LogP contribution in [0.2, 0.25) is 0 Å². The predicted octanol–water partition coefficient (Wildman–Crippen LogP) is 3.17. The van der Waals surface area contributed by atoms with Gasteiger partial charge in [-0.1, -0.05) is 26.0 Å². The van der Waals surface area contributed by atoms with Gasteiger partial charge in [-0.2, -0.15) is 0 Å². The summed E-state index contributed by atoms with van der Waals surface area (Å²) in [5, 5.41) is 12.2. The van der Waals surface area contributed by atoms with Crippen LogP contribution >= 0.6 is 0 Å². The zero-order valence-corrected chi connectivity index (χ0v) is 12.8. The van der Waals surface area contributed by atoms with Crippen LogP contribution in [0.1, 0.15) is 59.0 Å². The first-order chi connectivity index (χ1) is 9.23. The third-order valence-electron chi connectivity index (χ3n) is 3.27. The molecule has 0 aromatic heterocycles. The average Bonchev–Trinajstić information content (AvgIpc) is 2.29. The summed E-state index contributed by atoms with van der Waals surface area (Å²) in [6.45, 7) is 9.57. The molecule has 2 N–H and O–H groups in total. The monoisotopic (exact) mass is 277 g/mol. The Morgan fingerprint density at radius 3 is 2.05 bits per heavy atom. The number of aromatic carboxylic acids is 1. The first-order valence-corrected chi connectivity index (χ1v) is 6.88. The van der Waals surface area contributed by atoms with Gasteiger partial charge in [0.05, 0.1) is 11.1 Å². The van der Waals surface area contributed by atoms with Crippen molar-refractivity contribution in [2.75, 3.05) is 0 Å². The quantitative estimate of drug-likeness (QED) is 0.868. The predicted molar refractivity (Wildman–Crippen MR) is 79.3 cm³/mol. The van der Waals surface area contributed by atoms with Gasteiger partial charge in [0.15, 0.2) is 0 Å². The topological polar surface area (TPSA) is 66.4 Å². The number of hydrogen-bond acceptors (Lipinski definition) is 2. The van der Waals surface area contributed by atoms with Crippen molar-refractivity contribution in [1.29, 1.82) is 0 Å². The van der Waals surface area contributed by atoms with Crippen molar-refractivity contribution in [2.24, 2.45) is 5.92 Å². The van der Waals surface area contributed by atoms with Crippen molar-refractivity contribution in [1.82, 2.24) is 5.32 Å². The number of carbonyl (C=O) groups is 2. The number of rotatable bonds is 5. The molecule has 1 amide bonds. The summed E-state index contributed by atoms with van der Waals surface area (Å²) in [7, 11) is 0. The maximum Gasteiger partial charge on any atom is 0.336 e. The van der Waals surface area contributed by atoms with E-state index in [1.807, 2.05) is 6.92 Å². The molecule has 1 rings (SSSR count). The molecule has 0 fully saturated rings. The Labute approximate surface area is 120 Å². The molecule has 0 radical (unpaired) electrons. The maximum absolute atomic E-state index is 12.4. The van der Waals surface area contributed by atoms with Gasteiger partial charge in [0.25, 0.3) is 5.91 Å². The molecule has 0 saturated heterocycles. The molecule has 4 heteroatoms. The number of amides is 1. The van der Waals surface area contributed by atoms with E-state index in [9.17, 15) is 14.7 Å². The summed E-state index contributed by atoms with van der Waals surface area (Å²) < 4.78 is 0. The van der Waals surface area contributed by atoms with Crippen LogP contribution in [0.25, 0.3) is 0 Å². The molecule has 1 aromatic rings.